The first-order valence-corrected chi connectivity index (χ1v) is 7.19. The third-order valence-electron chi connectivity index (χ3n) is 3.12. The van der Waals surface area contributed by atoms with Crippen LogP contribution in [0.5, 0.6) is 0 Å². The van der Waals surface area contributed by atoms with Gasteiger partial charge >= 0.3 is 0 Å². The molecule has 0 bridgehead atoms. The molecule has 1 rings (SSSR count). The Balaban J connectivity index is 2.62. The van der Waals surface area contributed by atoms with Crippen LogP contribution in [0.2, 0.25) is 0 Å². The van der Waals surface area contributed by atoms with Crippen molar-refractivity contribution < 1.29 is 4.21 Å². The average molecular weight is 228 g/mol. The molecule has 0 saturated heterocycles. The molecule has 0 amide bonds. The Morgan fingerprint density at radius 1 is 1.40 bits per heavy atom. The second-order valence-electron chi connectivity index (χ2n) is 5.75. The highest BCUT2D eigenvalue weighted by Gasteiger charge is 2.26. The summed E-state index contributed by atoms with van der Waals surface area (Å²) in [7, 11) is -0.644. The van der Waals surface area contributed by atoms with Gasteiger partial charge in [-0.05, 0) is 24.7 Å². The molecule has 1 aliphatic rings. The van der Waals surface area contributed by atoms with Crippen molar-refractivity contribution in [2.24, 2.45) is 5.41 Å². The van der Waals surface area contributed by atoms with Crippen molar-refractivity contribution in [1.29, 1.82) is 0 Å². The Labute approximate surface area is 96.8 Å². The molecule has 0 spiro atoms. The van der Waals surface area contributed by atoms with Crippen LogP contribution in [0.1, 0.15) is 53.9 Å². The van der Waals surface area contributed by atoms with Gasteiger partial charge in [0.15, 0.2) is 0 Å². The first-order valence-electron chi connectivity index (χ1n) is 5.91. The van der Waals surface area contributed by atoms with E-state index in [1.54, 1.807) is 5.57 Å². The first-order chi connectivity index (χ1) is 6.82. The Morgan fingerprint density at radius 2 is 2.00 bits per heavy atom. The summed E-state index contributed by atoms with van der Waals surface area (Å²) in [6.07, 6.45) is 5.58. The van der Waals surface area contributed by atoms with Gasteiger partial charge in [-0.1, -0.05) is 46.3 Å². The standard InChI is InChI=1S/C13H24OS/c1-10(2)15(14)12-8-6-11(7-9-12)13(3,4)5/h6,10,12H,7-9H2,1-5H3. The molecule has 0 aromatic carbocycles. The molecule has 1 aliphatic carbocycles. The van der Waals surface area contributed by atoms with Crippen molar-refractivity contribution in [2.75, 3.05) is 0 Å². The summed E-state index contributed by atoms with van der Waals surface area (Å²) in [6, 6.07) is 0. The Morgan fingerprint density at radius 3 is 2.33 bits per heavy atom. The van der Waals surface area contributed by atoms with Gasteiger partial charge in [0.2, 0.25) is 0 Å². The highest BCUT2D eigenvalue weighted by Crippen LogP contribution is 2.34. The molecule has 1 nitrogen and oxygen atoms in total. The zero-order chi connectivity index (χ0) is 11.6. The second kappa shape index (κ2) is 4.82. The largest absolute Gasteiger partial charge is 0.259 e. The Hall–Kier alpha value is -0.110. The van der Waals surface area contributed by atoms with E-state index in [0.717, 1.165) is 19.3 Å². The number of rotatable bonds is 2. The summed E-state index contributed by atoms with van der Waals surface area (Å²) >= 11 is 0. The van der Waals surface area contributed by atoms with Gasteiger partial charge in [-0.2, -0.15) is 0 Å². The predicted octanol–water partition coefficient (Wildman–Crippen LogP) is 3.67. The highest BCUT2D eigenvalue weighted by molar-refractivity contribution is 7.86. The fraction of sp³-hybridized carbons (Fsp3) is 0.846. The van der Waals surface area contributed by atoms with Crippen LogP contribution in [0.3, 0.4) is 0 Å². The monoisotopic (exact) mass is 228 g/mol. The maximum atomic E-state index is 11.9. The van der Waals surface area contributed by atoms with Crippen LogP contribution in [0.4, 0.5) is 0 Å². The lowest BCUT2D eigenvalue weighted by Gasteiger charge is -2.30. The average Bonchev–Trinajstić information content (AvgIpc) is 2.15. The van der Waals surface area contributed by atoms with Crippen molar-refractivity contribution in [3.8, 4) is 0 Å². The van der Waals surface area contributed by atoms with Crippen molar-refractivity contribution in [3.63, 3.8) is 0 Å². The van der Waals surface area contributed by atoms with Gasteiger partial charge in [0, 0.05) is 21.3 Å². The third-order valence-corrected chi connectivity index (χ3v) is 5.13. The van der Waals surface area contributed by atoms with Crippen LogP contribution in [0.15, 0.2) is 11.6 Å². The quantitative estimate of drug-likeness (QED) is 0.659. The zero-order valence-electron chi connectivity index (χ0n) is 10.7. The molecule has 0 aromatic heterocycles. The van der Waals surface area contributed by atoms with Gasteiger partial charge in [-0.25, -0.2) is 0 Å². The number of hydrogen-bond donors (Lipinski definition) is 0. The van der Waals surface area contributed by atoms with Crippen molar-refractivity contribution in [1.82, 2.24) is 0 Å². The van der Waals surface area contributed by atoms with Gasteiger partial charge in [-0.3, -0.25) is 4.21 Å². The predicted molar refractivity (Wildman–Crippen MR) is 68.5 cm³/mol. The minimum atomic E-state index is -0.644. The molecule has 0 aliphatic heterocycles. The summed E-state index contributed by atoms with van der Waals surface area (Å²) in [5.41, 5.74) is 1.84. The second-order valence-corrected chi connectivity index (χ2v) is 8.02. The van der Waals surface area contributed by atoms with E-state index in [1.165, 1.54) is 0 Å². The molecule has 15 heavy (non-hydrogen) atoms. The lowest BCUT2D eigenvalue weighted by Crippen LogP contribution is -2.26. The van der Waals surface area contributed by atoms with E-state index in [0.29, 0.717) is 15.9 Å². The number of allylic oxidation sites excluding steroid dienone is 2. The molecule has 2 heteroatoms. The van der Waals surface area contributed by atoms with Crippen molar-refractivity contribution >= 4 is 10.8 Å². The minimum Gasteiger partial charge on any atom is -0.259 e. The van der Waals surface area contributed by atoms with E-state index in [-0.39, 0.29) is 0 Å². The van der Waals surface area contributed by atoms with Gasteiger partial charge in [-0.15, -0.1) is 0 Å². The summed E-state index contributed by atoms with van der Waals surface area (Å²) < 4.78 is 11.9. The summed E-state index contributed by atoms with van der Waals surface area (Å²) in [5.74, 6) is 0. The van der Waals surface area contributed by atoms with Crippen LogP contribution in [0, 0.1) is 5.41 Å². The maximum Gasteiger partial charge on any atom is 0.0388 e. The van der Waals surface area contributed by atoms with Gasteiger partial charge in [0.05, 0.1) is 0 Å². The van der Waals surface area contributed by atoms with Crippen LogP contribution in [-0.2, 0) is 10.8 Å². The summed E-state index contributed by atoms with van der Waals surface area (Å²) in [5, 5.41) is 0.704. The molecule has 0 radical (unpaired) electrons. The van der Waals surface area contributed by atoms with E-state index < -0.39 is 10.8 Å². The molecule has 0 saturated carbocycles. The SMILES string of the molecule is CC(C)S(=O)C1CC=C(C(C)(C)C)CC1. The Bertz CT molecular complexity index is 271. The maximum absolute atomic E-state index is 11.9. The van der Waals surface area contributed by atoms with Gasteiger partial charge in [0.25, 0.3) is 0 Å². The van der Waals surface area contributed by atoms with E-state index in [1.807, 2.05) is 0 Å². The van der Waals surface area contributed by atoms with Crippen LogP contribution in [0.25, 0.3) is 0 Å². The van der Waals surface area contributed by atoms with Crippen molar-refractivity contribution in [3.05, 3.63) is 11.6 Å². The molecule has 0 heterocycles. The van der Waals surface area contributed by atoms with E-state index in [4.69, 9.17) is 0 Å². The molecular weight excluding hydrogens is 204 g/mol. The molecule has 0 N–H and O–H groups in total. The van der Waals surface area contributed by atoms with E-state index in [9.17, 15) is 4.21 Å². The van der Waals surface area contributed by atoms with Crippen LogP contribution in [-0.4, -0.2) is 14.7 Å². The van der Waals surface area contributed by atoms with Crippen LogP contribution < -0.4 is 0 Å². The zero-order valence-corrected chi connectivity index (χ0v) is 11.5. The lowest BCUT2D eigenvalue weighted by molar-refractivity contribution is 0.460. The molecule has 88 valence electrons. The normalized spacial score (nSPS) is 25.2. The first kappa shape index (κ1) is 13.0. The van der Waals surface area contributed by atoms with E-state index >= 15 is 0 Å². The fourth-order valence-corrected chi connectivity index (χ4v) is 3.49. The Kier molecular flexibility index (Phi) is 4.16. The minimum absolute atomic E-state index is 0.296. The molecule has 0 fully saturated rings. The van der Waals surface area contributed by atoms with E-state index in [2.05, 4.69) is 40.7 Å². The molecule has 2 unspecified atom stereocenters. The third kappa shape index (κ3) is 3.44. The molecule has 0 aromatic rings. The summed E-state index contributed by atoms with van der Waals surface area (Å²) in [4.78, 5) is 0. The smallest absolute Gasteiger partial charge is 0.0388 e. The summed E-state index contributed by atoms with van der Waals surface area (Å²) in [6.45, 7) is 10.9. The highest BCUT2D eigenvalue weighted by atomic mass is 32.2. The molecule has 2 atom stereocenters. The van der Waals surface area contributed by atoms with Crippen molar-refractivity contribution in [2.45, 2.75) is 64.4 Å². The van der Waals surface area contributed by atoms with Crippen LogP contribution >= 0.6 is 0 Å². The van der Waals surface area contributed by atoms with Gasteiger partial charge in [0.1, 0.15) is 0 Å². The van der Waals surface area contributed by atoms with Gasteiger partial charge < -0.3 is 0 Å². The number of hydrogen-bond acceptors (Lipinski definition) is 1. The fourth-order valence-electron chi connectivity index (χ4n) is 2.09. The lowest BCUT2D eigenvalue weighted by atomic mass is 9.80. The molecular formula is C13H24OS. The topological polar surface area (TPSA) is 17.1 Å².